The average Bonchev–Trinajstić information content (AvgIpc) is 3.23. The van der Waals surface area contributed by atoms with Crippen LogP contribution in [0.15, 0.2) is 0 Å². The van der Waals surface area contributed by atoms with Crippen molar-refractivity contribution in [1.29, 1.82) is 0 Å². The highest BCUT2D eigenvalue weighted by Crippen LogP contribution is 2.39. The van der Waals surface area contributed by atoms with Crippen LogP contribution in [0.1, 0.15) is 44.0 Å². The Hall–Kier alpha value is -1.36. The second kappa shape index (κ2) is 6.70. The van der Waals surface area contributed by atoms with E-state index in [2.05, 4.69) is 34.4 Å². The minimum atomic E-state index is 0.561. The molecular formula is C14H24N4O. The second-order valence-electron chi connectivity index (χ2n) is 4.83. The van der Waals surface area contributed by atoms with Crippen molar-refractivity contribution in [3.8, 4) is 0 Å². The number of nitrogens with one attached hydrogen (secondary N) is 2. The number of aromatic nitrogens is 2. The van der Waals surface area contributed by atoms with Gasteiger partial charge in [-0.25, -0.2) is 9.97 Å². The number of anilines is 2. The number of hydrogen-bond acceptors (Lipinski definition) is 5. The van der Waals surface area contributed by atoms with E-state index in [4.69, 9.17) is 4.74 Å². The van der Waals surface area contributed by atoms with Crippen LogP contribution in [0.2, 0.25) is 0 Å². The lowest BCUT2D eigenvalue weighted by Gasteiger charge is -2.14. The Kier molecular flexibility index (Phi) is 4.96. The smallest absolute Gasteiger partial charge is 0.136 e. The van der Waals surface area contributed by atoms with Crippen molar-refractivity contribution in [2.24, 2.45) is 0 Å². The van der Waals surface area contributed by atoms with Crippen molar-refractivity contribution in [2.45, 2.75) is 39.5 Å². The molecule has 1 fully saturated rings. The van der Waals surface area contributed by atoms with E-state index in [1.54, 1.807) is 0 Å². The van der Waals surface area contributed by atoms with Gasteiger partial charge < -0.3 is 15.4 Å². The average molecular weight is 264 g/mol. The fourth-order valence-electron chi connectivity index (χ4n) is 1.96. The molecule has 0 atom stereocenters. The minimum Gasteiger partial charge on any atom is -0.380 e. The van der Waals surface area contributed by atoms with Gasteiger partial charge in [-0.05, 0) is 33.6 Å². The predicted octanol–water partition coefficient (Wildman–Crippen LogP) is 2.54. The first-order valence-electron chi connectivity index (χ1n) is 7.20. The summed E-state index contributed by atoms with van der Waals surface area (Å²) in [4.78, 5) is 9.29. The molecule has 2 rings (SSSR count). The van der Waals surface area contributed by atoms with E-state index in [-0.39, 0.29) is 0 Å². The molecule has 19 heavy (non-hydrogen) atoms. The highest BCUT2D eigenvalue weighted by Gasteiger charge is 2.28. The molecule has 1 saturated carbocycles. The number of ether oxygens (including phenoxy) is 1. The van der Waals surface area contributed by atoms with Crippen LogP contribution in [-0.4, -0.2) is 36.3 Å². The van der Waals surface area contributed by atoms with Gasteiger partial charge in [0, 0.05) is 31.2 Å². The van der Waals surface area contributed by atoms with E-state index in [9.17, 15) is 0 Å². The van der Waals surface area contributed by atoms with E-state index >= 15 is 0 Å². The molecular weight excluding hydrogens is 240 g/mol. The van der Waals surface area contributed by atoms with Crippen LogP contribution >= 0.6 is 0 Å². The van der Waals surface area contributed by atoms with Gasteiger partial charge in [0.15, 0.2) is 0 Å². The van der Waals surface area contributed by atoms with Gasteiger partial charge in [-0.1, -0.05) is 0 Å². The fourth-order valence-corrected chi connectivity index (χ4v) is 1.96. The maximum atomic E-state index is 5.34. The molecule has 0 spiro atoms. The monoisotopic (exact) mass is 264 g/mol. The summed E-state index contributed by atoms with van der Waals surface area (Å²) in [6.45, 7) is 9.25. The molecule has 0 saturated heterocycles. The third-order valence-corrected chi connectivity index (χ3v) is 3.19. The first-order chi connectivity index (χ1) is 9.26. The molecule has 0 amide bonds. The summed E-state index contributed by atoms with van der Waals surface area (Å²) in [5, 5.41) is 6.67. The van der Waals surface area contributed by atoms with Crippen LogP contribution in [0.25, 0.3) is 0 Å². The summed E-state index contributed by atoms with van der Waals surface area (Å²) in [7, 11) is 0. The summed E-state index contributed by atoms with van der Waals surface area (Å²) in [6.07, 6.45) is 2.43. The summed E-state index contributed by atoms with van der Waals surface area (Å²) < 4.78 is 5.34. The maximum absolute atomic E-state index is 5.34. The Morgan fingerprint density at radius 2 is 1.84 bits per heavy atom. The predicted molar refractivity (Wildman–Crippen MR) is 77.9 cm³/mol. The zero-order valence-corrected chi connectivity index (χ0v) is 12.1. The molecule has 1 aromatic rings. The number of rotatable bonds is 8. The van der Waals surface area contributed by atoms with Crippen LogP contribution in [-0.2, 0) is 4.74 Å². The molecule has 0 unspecified atom stereocenters. The van der Waals surface area contributed by atoms with E-state index in [1.807, 2.05) is 6.92 Å². The van der Waals surface area contributed by atoms with Crippen molar-refractivity contribution in [3.63, 3.8) is 0 Å². The minimum absolute atomic E-state index is 0.561. The third kappa shape index (κ3) is 3.80. The molecule has 5 heteroatoms. The van der Waals surface area contributed by atoms with E-state index in [1.165, 1.54) is 12.8 Å². The molecule has 1 aliphatic rings. The van der Waals surface area contributed by atoms with Gasteiger partial charge in [-0.2, -0.15) is 0 Å². The summed E-state index contributed by atoms with van der Waals surface area (Å²) in [5.74, 6) is 3.43. The molecule has 0 radical (unpaired) electrons. The Morgan fingerprint density at radius 3 is 2.42 bits per heavy atom. The standard InChI is InChI=1S/C14H24N4O/c1-4-15-12-10(3)13(16-8-9-19-5-2)18-14(17-12)11-6-7-11/h11H,4-9H2,1-3H3,(H2,15,16,17,18). The molecule has 0 aliphatic heterocycles. The van der Waals surface area contributed by atoms with Gasteiger partial charge in [0.25, 0.3) is 0 Å². The molecule has 0 bridgehead atoms. The van der Waals surface area contributed by atoms with Crippen molar-refractivity contribution < 1.29 is 4.74 Å². The van der Waals surface area contributed by atoms with E-state index < -0.39 is 0 Å². The van der Waals surface area contributed by atoms with Crippen LogP contribution in [0.5, 0.6) is 0 Å². The van der Waals surface area contributed by atoms with Gasteiger partial charge in [0.1, 0.15) is 17.5 Å². The Labute approximate surface area is 115 Å². The normalized spacial score (nSPS) is 14.5. The lowest BCUT2D eigenvalue weighted by atomic mass is 10.2. The van der Waals surface area contributed by atoms with Crippen molar-refractivity contribution >= 4 is 11.6 Å². The Balaban J connectivity index is 2.10. The van der Waals surface area contributed by atoms with E-state index in [0.29, 0.717) is 12.5 Å². The quantitative estimate of drug-likeness (QED) is 0.707. The lowest BCUT2D eigenvalue weighted by Crippen LogP contribution is -2.14. The van der Waals surface area contributed by atoms with E-state index in [0.717, 1.165) is 42.7 Å². The maximum Gasteiger partial charge on any atom is 0.136 e. The van der Waals surface area contributed by atoms with Crippen molar-refractivity contribution in [3.05, 3.63) is 11.4 Å². The summed E-state index contributed by atoms with van der Waals surface area (Å²) in [6, 6.07) is 0. The van der Waals surface area contributed by atoms with Crippen LogP contribution in [0, 0.1) is 6.92 Å². The third-order valence-electron chi connectivity index (χ3n) is 3.19. The first-order valence-corrected chi connectivity index (χ1v) is 7.20. The molecule has 5 nitrogen and oxygen atoms in total. The Bertz CT molecular complexity index is 418. The van der Waals surface area contributed by atoms with Crippen LogP contribution in [0.4, 0.5) is 11.6 Å². The number of hydrogen-bond donors (Lipinski definition) is 2. The molecule has 2 N–H and O–H groups in total. The fraction of sp³-hybridized carbons (Fsp3) is 0.714. The van der Waals surface area contributed by atoms with Crippen molar-refractivity contribution in [2.75, 3.05) is 36.9 Å². The number of nitrogens with zero attached hydrogens (tertiary/aromatic N) is 2. The largest absolute Gasteiger partial charge is 0.380 e. The van der Waals surface area contributed by atoms with Gasteiger partial charge in [-0.3, -0.25) is 0 Å². The first kappa shape index (κ1) is 14.1. The topological polar surface area (TPSA) is 59.1 Å². The molecule has 1 aromatic heterocycles. The summed E-state index contributed by atoms with van der Waals surface area (Å²) in [5.41, 5.74) is 1.09. The molecule has 1 heterocycles. The van der Waals surface area contributed by atoms with Gasteiger partial charge >= 0.3 is 0 Å². The molecule has 1 aliphatic carbocycles. The van der Waals surface area contributed by atoms with Gasteiger partial charge in [0.05, 0.1) is 6.61 Å². The van der Waals surface area contributed by atoms with Crippen molar-refractivity contribution in [1.82, 2.24) is 9.97 Å². The van der Waals surface area contributed by atoms with Crippen LogP contribution < -0.4 is 10.6 Å². The second-order valence-corrected chi connectivity index (χ2v) is 4.83. The highest BCUT2D eigenvalue weighted by atomic mass is 16.5. The van der Waals surface area contributed by atoms with Gasteiger partial charge in [-0.15, -0.1) is 0 Å². The van der Waals surface area contributed by atoms with Gasteiger partial charge in [0.2, 0.25) is 0 Å². The van der Waals surface area contributed by atoms with Crippen LogP contribution in [0.3, 0.4) is 0 Å². The lowest BCUT2D eigenvalue weighted by molar-refractivity contribution is 0.158. The molecule has 106 valence electrons. The Morgan fingerprint density at radius 1 is 1.16 bits per heavy atom. The SMILES string of the molecule is CCNc1nc(C2CC2)nc(NCCOCC)c1C. The zero-order chi connectivity index (χ0) is 13.7. The molecule has 0 aromatic carbocycles. The highest BCUT2D eigenvalue weighted by molar-refractivity contribution is 5.57. The summed E-state index contributed by atoms with van der Waals surface area (Å²) >= 11 is 0. The zero-order valence-electron chi connectivity index (χ0n) is 12.1.